The first-order valence-electron chi connectivity index (χ1n) is 6.89. The van der Waals surface area contributed by atoms with E-state index in [-0.39, 0.29) is 16.7 Å². The van der Waals surface area contributed by atoms with Gasteiger partial charge in [0.1, 0.15) is 0 Å². The Hall–Kier alpha value is -4.01. The molecule has 0 fully saturated rings. The molecule has 2 aromatic rings. The van der Waals surface area contributed by atoms with E-state index in [0.717, 1.165) is 36.4 Å². The minimum absolute atomic E-state index is 0.252. The summed E-state index contributed by atoms with van der Waals surface area (Å²) in [6.45, 7) is 0. The van der Waals surface area contributed by atoms with Gasteiger partial charge in [-0.1, -0.05) is 6.07 Å². The molecule has 26 heavy (non-hydrogen) atoms. The van der Waals surface area contributed by atoms with Crippen LogP contribution in [0.2, 0.25) is 0 Å². The second-order valence-electron chi connectivity index (χ2n) is 5.07. The molecule has 4 N–H and O–H groups in total. The molecule has 0 saturated carbocycles. The van der Waals surface area contributed by atoms with Crippen molar-refractivity contribution in [3.63, 3.8) is 0 Å². The summed E-state index contributed by atoms with van der Waals surface area (Å²) in [5.41, 5.74) is -2.70. The summed E-state index contributed by atoms with van der Waals surface area (Å²) >= 11 is 0. The third kappa shape index (κ3) is 3.41. The number of carbonyl (C=O) groups excluding carboxylic acids is 1. The molecule has 0 aromatic heterocycles. The third-order valence-corrected chi connectivity index (χ3v) is 3.48. The second kappa shape index (κ2) is 6.85. The van der Waals surface area contributed by atoms with E-state index in [0.29, 0.717) is 0 Å². The standard InChI is InChI=1S/C17H10O9/c18-13(7-1-4-10(15(21)22)12(5-7)17(25)26)9-3-2-8(14(19)20)6-11(9)16(23)24/h1-6H,(H,19,20)(H,21,22)(H,23,24)(H,25,26). The Morgan fingerprint density at radius 3 is 1.42 bits per heavy atom. The van der Waals surface area contributed by atoms with E-state index in [2.05, 4.69) is 0 Å². The van der Waals surface area contributed by atoms with E-state index in [4.69, 9.17) is 15.3 Å². The molecule has 0 radical (unpaired) electrons. The lowest BCUT2D eigenvalue weighted by Crippen LogP contribution is -2.14. The van der Waals surface area contributed by atoms with Crippen LogP contribution in [0.3, 0.4) is 0 Å². The number of hydrogen-bond donors (Lipinski definition) is 4. The van der Waals surface area contributed by atoms with E-state index in [9.17, 15) is 29.1 Å². The van der Waals surface area contributed by atoms with Crippen LogP contribution in [0.4, 0.5) is 0 Å². The zero-order chi connectivity index (χ0) is 19.6. The Morgan fingerprint density at radius 2 is 0.923 bits per heavy atom. The fourth-order valence-corrected chi connectivity index (χ4v) is 2.26. The Morgan fingerprint density at radius 1 is 0.500 bits per heavy atom. The van der Waals surface area contributed by atoms with E-state index < -0.39 is 46.4 Å². The minimum Gasteiger partial charge on any atom is -0.478 e. The van der Waals surface area contributed by atoms with Crippen molar-refractivity contribution < 1.29 is 44.4 Å². The number of carbonyl (C=O) groups is 5. The summed E-state index contributed by atoms with van der Waals surface area (Å²) < 4.78 is 0. The predicted molar refractivity (Wildman–Crippen MR) is 84.2 cm³/mol. The zero-order valence-corrected chi connectivity index (χ0v) is 12.8. The van der Waals surface area contributed by atoms with Crippen LogP contribution in [0.15, 0.2) is 36.4 Å². The lowest BCUT2D eigenvalue weighted by molar-refractivity contribution is 0.0651. The highest BCUT2D eigenvalue weighted by Crippen LogP contribution is 2.20. The Labute approximate surface area is 144 Å². The topological polar surface area (TPSA) is 166 Å². The van der Waals surface area contributed by atoms with Crippen LogP contribution in [0, 0.1) is 0 Å². The van der Waals surface area contributed by atoms with Crippen LogP contribution in [-0.4, -0.2) is 50.1 Å². The van der Waals surface area contributed by atoms with Crippen LogP contribution in [-0.2, 0) is 0 Å². The highest BCUT2D eigenvalue weighted by Gasteiger charge is 2.23. The number of carboxylic acid groups (broad SMARTS) is 4. The van der Waals surface area contributed by atoms with Gasteiger partial charge in [-0.2, -0.15) is 0 Å². The average Bonchev–Trinajstić information content (AvgIpc) is 2.59. The van der Waals surface area contributed by atoms with Gasteiger partial charge in [0, 0.05) is 11.1 Å². The van der Waals surface area contributed by atoms with Crippen LogP contribution in [0.1, 0.15) is 57.4 Å². The SMILES string of the molecule is O=C(O)c1ccc(C(=O)c2ccc(C(=O)O)c(C(=O)O)c2)c(C(=O)O)c1. The van der Waals surface area contributed by atoms with E-state index in [1.807, 2.05) is 0 Å². The molecule has 0 bridgehead atoms. The molecular weight excluding hydrogens is 348 g/mol. The third-order valence-electron chi connectivity index (χ3n) is 3.48. The maximum Gasteiger partial charge on any atom is 0.336 e. The maximum atomic E-state index is 12.6. The number of benzene rings is 2. The van der Waals surface area contributed by atoms with Gasteiger partial charge in [0.15, 0.2) is 5.78 Å². The van der Waals surface area contributed by atoms with Crippen LogP contribution in [0.5, 0.6) is 0 Å². The fourth-order valence-electron chi connectivity index (χ4n) is 2.26. The Bertz CT molecular complexity index is 972. The lowest BCUT2D eigenvalue weighted by Gasteiger charge is -2.09. The normalized spacial score (nSPS) is 10.2. The van der Waals surface area contributed by atoms with Crippen molar-refractivity contribution in [2.75, 3.05) is 0 Å². The first kappa shape index (κ1) is 18.3. The zero-order valence-electron chi connectivity index (χ0n) is 12.8. The fraction of sp³-hybridized carbons (Fsp3) is 0. The smallest absolute Gasteiger partial charge is 0.336 e. The number of rotatable bonds is 6. The van der Waals surface area contributed by atoms with Crippen molar-refractivity contribution in [3.8, 4) is 0 Å². The quantitative estimate of drug-likeness (QED) is 0.562. The molecule has 0 spiro atoms. The molecule has 132 valence electrons. The minimum atomic E-state index is -1.57. The Kier molecular flexibility index (Phi) is 4.83. The van der Waals surface area contributed by atoms with Gasteiger partial charge in [0.05, 0.1) is 22.3 Å². The van der Waals surface area contributed by atoms with E-state index in [1.165, 1.54) is 0 Å². The monoisotopic (exact) mass is 358 g/mol. The van der Waals surface area contributed by atoms with Gasteiger partial charge in [-0.05, 0) is 30.3 Å². The highest BCUT2D eigenvalue weighted by molar-refractivity contribution is 6.16. The maximum absolute atomic E-state index is 12.6. The largest absolute Gasteiger partial charge is 0.478 e. The Balaban J connectivity index is 2.61. The van der Waals surface area contributed by atoms with Crippen molar-refractivity contribution >= 4 is 29.7 Å². The van der Waals surface area contributed by atoms with Crippen molar-refractivity contribution in [1.82, 2.24) is 0 Å². The summed E-state index contributed by atoms with van der Waals surface area (Å²) in [6, 6.07) is 5.64. The van der Waals surface area contributed by atoms with Gasteiger partial charge in [-0.25, -0.2) is 19.2 Å². The number of ketones is 1. The van der Waals surface area contributed by atoms with Crippen molar-refractivity contribution in [1.29, 1.82) is 0 Å². The number of hydrogen-bond acceptors (Lipinski definition) is 5. The van der Waals surface area contributed by atoms with E-state index >= 15 is 0 Å². The molecule has 0 atom stereocenters. The predicted octanol–water partition coefficient (Wildman–Crippen LogP) is 1.71. The van der Waals surface area contributed by atoms with Gasteiger partial charge in [-0.3, -0.25) is 4.79 Å². The molecule has 2 aromatic carbocycles. The van der Waals surface area contributed by atoms with Crippen LogP contribution >= 0.6 is 0 Å². The van der Waals surface area contributed by atoms with Crippen LogP contribution in [0.25, 0.3) is 0 Å². The molecule has 2 rings (SSSR count). The number of carboxylic acids is 4. The highest BCUT2D eigenvalue weighted by atomic mass is 16.4. The summed E-state index contributed by atoms with van der Waals surface area (Å²) in [5, 5.41) is 36.2. The molecule has 0 amide bonds. The van der Waals surface area contributed by atoms with Gasteiger partial charge >= 0.3 is 23.9 Å². The molecule has 0 saturated heterocycles. The van der Waals surface area contributed by atoms with Gasteiger partial charge in [-0.15, -0.1) is 0 Å². The van der Waals surface area contributed by atoms with E-state index in [1.54, 1.807) is 0 Å². The molecule has 0 unspecified atom stereocenters. The summed E-state index contributed by atoms with van der Waals surface area (Å²) in [6.07, 6.45) is 0. The molecule has 0 aliphatic carbocycles. The first-order chi connectivity index (χ1) is 12.1. The lowest BCUT2D eigenvalue weighted by atomic mass is 9.94. The van der Waals surface area contributed by atoms with Gasteiger partial charge in [0.2, 0.25) is 0 Å². The average molecular weight is 358 g/mol. The summed E-state index contributed by atoms with van der Waals surface area (Å²) in [7, 11) is 0. The molecular formula is C17H10O9. The van der Waals surface area contributed by atoms with Crippen molar-refractivity contribution in [2.45, 2.75) is 0 Å². The van der Waals surface area contributed by atoms with Crippen molar-refractivity contribution in [2.24, 2.45) is 0 Å². The second-order valence-corrected chi connectivity index (χ2v) is 5.07. The first-order valence-corrected chi connectivity index (χ1v) is 6.89. The molecule has 9 nitrogen and oxygen atoms in total. The van der Waals surface area contributed by atoms with Crippen LogP contribution < -0.4 is 0 Å². The molecule has 0 aliphatic rings. The van der Waals surface area contributed by atoms with Crippen molar-refractivity contribution in [3.05, 3.63) is 69.8 Å². The van der Waals surface area contributed by atoms with Gasteiger partial charge < -0.3 is 20.4 Å². The molecule has 0 aliphatic heterocycles. The molecule has 9 heteroatoms. The molecule has 0 heterocycles. The number of aromatic carboxylic acids is 4. The summed E-state index contributed by atoms with van der Waals surface area (Å²) in [4.78, 5) is 57.1. The van der Waals surface area contributed by atoms with Gasteiger partial charge in [0.25, 0.3) is 0 Å². The summed E-state index contributed by atoms with van der Waals surface area (Å²) in [5.74, 6) is -6.89.